The van der Waals surface area contributed by atoms with Gasteiger partial charge in [-0.1, -0.05) is 15.9 Å². The maximum Gasteiger partial charge on any atom is 0.258 e. The summed E-state index contributed by atoms with van der Waals surface area (Å²) < 4.78 is 6.70. The van der Waals surface area contributed by atoms with Crippen molar-refractivity contribution in [3.05, 3.63) is 28.2 Å². The van der Waals surface area contributed by atoms with E-state index in [2.05, 4.69) is 26.6 Å². The molecule has 1 saturated carbocycles. The summed E-state index contributed by atoms with van der Waals surface area (Å²) in [6.07, 6.45) is 2.50. The fourth-order valence-electron chi connectivity index (χ4n) is 1.97. The van der Waals surface area contributed by atoms with Crippen LogP contribution >= 0.6 is 28.3 Å². The van der Waals surface area contributed by atoms with E-state index in [1.807, 2.05) is 39.0 Å². The van der Waals surface area contributed by atoms with Gasteiger partial charge in [-0.15, -0.1) is 12.4 Å². The highest BCUT2D eigenvalue weighted by Crippen LogP contribution is 2.25. The van der Waals surface area contributed by atoms with Crippen LogP contribution in [-0.2, 0) is 11.3 Å². The van der Waals surface area contributed by atoms with E-state index in [-0.39, 0.29) is 30.5 Å². The van der Waals surface area contributed by atoms with E-state index in [9.17, 15) is 4.79 Å². The summed E-state index contributed by atoms with van der Waals surface area (Å²) in [5.74, 6) is 0.655. The number of hydrogen-bond acceptors (Lipinski definition) is 3. The Morgan fingerprint density at radius 3 is 2.64 bits per heavy atom. The summed E-state index contributed by atoms with van der Waals surface area (Å²) in [6.45, 7) is 6.66. The van der Waals surface area contributed by atoms with Crippen LogP contribution in [0.2, 0.25) is 0 Å². The van der Waals surface area contributed by atoms with Gasteiger partial charge in [-0.05, 0) is 51.8 Å². The minimum Gasteiger partial charge on any atom is -0.483 e. The van der Waals surface area contributed by atoms with E-state index >= 15 is 0 Å². The summed E-state index contributed by atoms with van der Waals surface area (Å²) >= 11 is 3.48. The zero-order chi connectivity index (χ0) is 15.5. The summed E-state index contributed by atoms with van der Waals surface area (Å²) in [5.41, 5.74) is 0.830. The van der Waals surface area contributed by atoms with Gasteiger partial charge >= 0.3 is 0 Å². The first-order valence-electron chi connectivity index (χ1n) is 7.29. The van der Waals surface area contributed by atoms with Crippen LogP contribution in [0.5, 0.6) is 5.75 Å². The predicted octanol–water partition coefficient (Wildman–Crippen LogP) is 3.42. The van der Waals surface area contributed by atoms with Crippen molar-refractivity contribution >= 4 is 34.2 Å². The maximum absolute atomic E-state index is 11.8. The van der Waals surface area contributed by atoms with Crippen molar-refractivity contribution in [2.24, 2.45) is 0 Å². The Morgan fingerprint density at radius 2 is 2.05 bits per heavy atom. The van der Waals surface area contributed by atoms with Crippen LogP contribution in [0.1, 0.15) is 39.2 Å². The number of rotatable bonds is 6. The average molecular weight is 392 g/mol. The molecule has 6 heteroatoms. The zero-order valence-electron chi connectivity index (χ0n) is 13.2. The molecule has 1 aliphatic rings. The van der Waals surface area contributed by atoms with Gasteiger partial charge in [0, 0.05) is 28.2 Å². The second kappa shape index (κ2) is 8.18. The highest BCUT2D eigenvalue weighted by molar-refractivity contribution is 9.10. The molecule has 0 radical (unpaired) electrons. The van der Waals surface area contributed by atoms with E-state index in [1.54, 1.807) is 0 Å². The van der Waals surface area contributed by atoms with Crippen LogP contribution in [0.3, 0.4) is 0 Å². The maximum atomic E-state index is 11.8. The molecular weight excluding hydrogens is 368 g/mol. The molecule has 0 aromatic heterocycles. The molecule has 124 valence electrons. The van der Waals surface area contributed by atoms with Crippen LogP contribution in [0.25, 0.3) is 0 Å². The monoisotopic (exact) mass is 390 g/mol. The fraction of sp³-hybridized carbons (Fsp3) is 0.562. The molecule has 1 aromatic carbocycles. The largest absolute Gasteiger partial charge is 0.483 e. The molecule has 1 fully saturated rings. The van der Waals surface area contributed by atoms with Gasteiger partial charge in [0.25, 0.3) is 5.91 Å². The minimum atomic E-state index is -0.240. The molecule has 2 N–H and O–H groups in total. The molecule has 1 amide bonds. The lowest BCUT2D eigenvalue weighted by atomic mass is 10.1. The lowest BCUT2D eigenvalue weighted by Crippen LogP contribution is -2.43. The average Bonchev–Trinajstić information content (AvgIpc) is 3.17. The molecule has 0 atom stereocenters. The summed E-state index contributed by atoms with van der Waals surface area (Å²) in [7, 11) is 0. The van der Waals surface area contributed by atoms with Gasteiger partial charge in [0.2, 0.25) is 0 Å². The summed E-state index contributed by atoms with van der Waals surface area (Å²) in [6, 6.07) is 6.50. The van der Waals surface area contributed by atoms with Gasteiger partial charge in [-0.2, -0.15) is 0 Å². The number of ether oxygens (including phenoxy) is 1. The smallest absolute Gasteiger partial charge is 0.258 e. The molecule has 4 nitrogen and oxygen atoms in total. The van der Waals surface area contributed by atoms with Crippen LogP contribution < -0.4 is 15.4 Å². The van der Waals surface area contributed by atoms with Crippen molar-refractivity contribution in [1.29, 1.82) is 0 Å². The Hall–Kier alpha value is -0.780. The number of hydrogen-bond donors (Lipinski definition) is 2. The Balaban J connectivity index is 0.00000242. The van der Waals surface area contributed by atoms with Gasteiger partial charge in [-0.3, -0.25) is 4.79 Å². The number of amides is 1. The molecule has 2 rings (SSSR count). The normalized spacial score (nSPS) is 14.2. The summed E-state index contributed by atoms with van der Waals surface area (Å²) in [5, 5.41) is 6.36. The predicted molar refractivity (Wildman–Crippen MR) is 94.6 cm³/mol. The van der Waals surface area contributed by atoms with Gasteiger partial charge in [-0.25, -0.2) is 0 Å². The number of halogens is 2. The lowest BCUT2D eigenvalue weighted by molar-refractivity contribution is -0.124. The first-order valence-corrected chi connectivity index (χ1v) is 8.08. The Bertz CT molecular complexity index is 513. The highest BCUT2D eigenvalue weighted by Gasteiger charge is 2.21. The second-order valence-corrected chi connectivity index (χ2v) is 7.41. The van der Waals surface area contributed by atoms with Crippen LogP contribution in [0.15, 0.2) is 22.7 Å². The van der Waals surface area contributed by atoms with Crippen molar-refractivity contribution < 1.29 is 9.53 Å². The molecule has 0 aliphatic heterocycles. The highest BCUT2D eigenvalue weighted by atomic mass is 79.9. The molecular formula is C16H24BrClN2O2. The van der Waals surface area contributed by atoms with E-state index in [4.69, 9.17) is 4.74 Å². The van der Waals surface area contributed by atoms with E-state index < -0.39 is 0 Å². The number of carbonyl (C=O) groups excluding carboxylic acids is 1. The van der Waals surface area contributed by atoms with Gasteiger partial charge in [0.15, 0.2) is 6.61 Å². The second-order valence-electron chi connectivity index (χ2n) is 6.49. The van der Waals surface area contributed by atoms with Crippen molar-refractivity contribution in [2.75, 3.05) is 6.61 Å². The molecule has 22 heavy (non-hydrogen) atoms. The van der Waals surface area contributed by atoms with Crippen LogP contribution in [0, 0.1) is 0 Å². The van der Waals surface area contributed by atoms with Crippen LogP contribution in [-0.4, -0.2) is 24.1 Å². The molecule has 0 spiro atoms. The molecule has 0 unspecified atom stereocenters. The number of benzene rings is 1. The molecule has 1 aliphatic carbocycles. The first kappa shape index (κ1) is 19.3. The van der Waals surface area contributed by atoms with E-state index in [0.29, 0.717) is 6.04 Å². The number of nitrogens with one attached hydrogen (secondary N) is 2. The molecule has 0 saturated heterocycles. The van der Waals surface area contributed by atoms with Gasteiger partial charge in [0.1, 0.15) is 5.75 Å². The SMILES string of the molecule is CC(C)(C)NC(=O)COc1ccc(Br)cc1CNC1CC1.Cl. The van der Waals surface area contributed by atoms with E-state index in [0.717, 1.165) is 22.3 Å². The van der Waals surface area contributed by atoms with E-state index in [1.165, 1.54) is 12.8 Å². The summed E-state index contributed by atoms with van der Waals surface area (Å²) in [4.78, 5) is 11.8. The van der Waals surface area contributed by atoms with Crippen molar-refractivity contribution in [3.63, 3.8) is 0 Å². The molecule has 0 heterocycles. The minimum absolute atomic E-state index is 0. The standard InChI is InChI=1S/C16H23BrN2O2.ClH/c1-16(2,3)19-15(20)10-21-14-7-4-12(17)8-11(14)9-18-13-5-6-13;/h4,7-8,13,18H,5-6,9-10H2,1-3H3,(H,19,20);1H. The first-order chi connectivity index (χ1) is 9.83. The van der Waals surface area contributed by atoms with Crippen molar-refractivity contribution in [2.45, 2.75) is 51.7 Å². The quantitative estimate of drug-likeness (QED) is 0.781. The third-order valence-electron chi connectivity index (χ3n) is 3.05. The lowest BCUT2D eigenvalue weighted by Gasteiger charge is -2.21. The molecule has 1 aromatic rings. The molecule has 0 bridgehead atoms. The third-order valence-corrected chi connectivity index (χ3v) is 3.55. The fourth-order valence-corrected chi connectivity index (χ4v) is 2.37. The van der Waals surface area contributed by atoms with Crippen molar-refractivity contribution in [3.8, 4) is 5.75 Å². The van der Waals surface area contributed by atoms with Gasteiger partial charge in [0.05, 0.1) is 0 Å². The Kier molecular flexibility index (Phi) is 7.16. The Labute approximate surface area is 146 Å². The Morgan fingerprint density at radius 1 is 1.36 bits per heavy atom. The zero-order valence-corrected chi connectivity index (χ0v) is 15.6. The van der Waals surface area contributed by atoms with Gasteiger partial charge < -0.3 is 15.4 Å². The number of carbonyl (C=O) groups is 1. The topological polar surface area (TPSA) is 50.4 Å². The van der Waals surface area contributed by atoms with Crippen molar-refractivity contribution in [1.82, 2.24) is 10.6 Å². The van der Waals surface area contributed by atoms with Crippen LogP contribution in [0.4, 0.5) is 0 Å². The third kappa shape index (κ3) is 6.99.